The van der Waals surface area contributed by atoms with E-state index in [-0.39, 0.29) is 6.10 Å². The molecule has 1 aliphatic rings. The molecule has 1 unspecified atom stereocenters. The van der Waals surface area contributed by atoms with Crippen LogP contribution in [0.4, 0.5) is 0 Å². The molecule has 1 atom stereocenters. The third-order valence-corrected chi connectivity index (χ3v) is 2.89. The predicted molar refractivity (Wildman–Crippen MR) is 53.8 cm³/mol. The molecule has 0 amide bonds. The van der Waals surface area contributed by atoms with Crippen molar-refractivity contribution in [1.29, 1.82) is 0 Å². The summed E-state index contributed by atoms with van der Waals surface area (Å²) in [5, 5.41) is 13.3. The molecule has 0 saturated carbocycles. The van der Waals surface area contributed by atoms with Gasteiger partial charge in [-0.25, -0.2) is 4.98 Å². The Kier molecular flexibility index (Phi) is 3.16. The van der Waals surface area contributed by atoms with Crippen LogP contribution in [0.25, 0.3) is 0 Å². The van der Waals surface area contributed by atoms with Crippen molar-refractivity contribution >= 4 is 0 Å². The molecule has 0 radical (unpaired) electrons. The number of aromatic nitrogens is 2. The lowest BCUT2D eigenvalue weighted by Gasteiger charge is -2.27. The molecular formula is C10H17N3O. The normalized spacial score (nSPS) is 20.9. The maximum absolute atomic E-state index is 9.97. The summed E-state index contributed by atoms with van der Waals surface area (Å²) in [6.45, 7) is 2.74. The zero-order valence-electron chi connectivity index (χ0n) is 8.26. The van der Waals surface area contributed by atoms with Crippen LogP contribution < -0.4 is 5.32 Å². The number of hydrogen-bond donors (Lipinski definition) is 2. The minimum absolute atomic E-state index is 0.230. The van der Waals surface area contributed by atoms with Gasteiger partial charge in [-0.3, -0.25) is 0 Å². The first-order chi connectivity index (χ1) is 6.86. The van der Waals surface area contributed by atoms with Crippen molar-refractivity contribution in [2.75, 3.05) is 13.1 Å². The Morgan fingerprint density at radius 2 is 2.29 bits per heavy atom. The van der Waals surface area contributed by atoms with Gasteiger partial charge in [-0.15, -0.1) is 0 Å². The van der Waals surface area contributed by atoms with Gasteiger partial charge in [-0.05, 0) is 31.8 Å². The van der Waals surface area contributed by atoms with Crippen molar-refractivity contribution in [3.8, 4) is 0 Å². The minimum atomic E-state index is -0.230. The van der Waals surface area contributed by atoms with E-state index in [2.05, 4.69) is 10.3 Å². The summed E-state index contributed by atoms with van der Waals surface area (Å²) < 4.78 is 1.94. The third-order valence-electron chi connectivity index (χ3n) is 2.89. The molecule has 2 rings (SSSR count). The van der Waals surface area contributed by atoms with Gasteiger partial charge in [0, 0.05) is 18.9 Å². The Morgan fingerprint density at radius 3 is 2.93 bits per heavy atom. The Labute approximate surface area is 84.0 Å². The molecule has 1 aliphatic heterocycles. The molecule has 1 fully saturated rings. The van der Waals surface area contributed by atoms with Crippen LogP contribution in [0.3, 0.4) is 0 Å². The quantitative estimate of drug-likeness (QED) is 0.726. The van der Waals surface area contributed by atoms with Crippen molar-refractivity contribution in [2.45, 2.75) is 25.5 Å². The number of imidazole rings is 1. The average molecular weight is 195 g/mol. The van der Waals surface area contributed by atoms with Crippen LogP contribution in [-0.4, -0.2) is 33.9 Å². The zero-order chi connectivity index (χ0) is 9.80. The summed E-state index contributed by atoms with van der Waals surface area (Å²) in [4.78, 5) is 3.96. The molecule has 1 aromatic heterocycles. The van der Waals surface area contributed by atoms with E-state index in [4.69, 9.17) is 0 Å². The minimum Gasteiger partial charge on any atom is -0.391 e. The van der Waals surface area contributed by atoms with E-state index in [1.165, 1.54) is 0 Å². The zero-order valence-corrected chi connectivity index (χ0v) is 8.26. The van der Waals surface area contributed by atoms with Crippen LogP contribution >= 0.6 is 0 Å². The van der Waals surface area contributed by atoms with Crippen molar-refractivity contribution in [2.24, 2.45) is 5.92 Å². The Hall–Kier alpha value is -0.870. The summed E-state index contributed by atoms with van der Waals surface area (Å²) in [5.74, 6) is 0.443. The highest BCUT2D eigenvalue weighted by Crippen LogP contribution is 2.17. The highest BCUT2D eigenvalue weighted by Gasteiger charge is 2.21. The Balaban J connectivity index is 1.85. The molecule has 2 N–H and O–H groups in total. The molecule has 1 saturated heterocycles. The fourth-order valence-corrected chi connectivity index (χ4v) is 1.99. The molecule has 4 heteroatoms. The summed E-state index contributed by atoms with van der Waals surface area (Å²) in [6, 6.07) is 0. The van der Waals surface area contributed by atoms with Crippen molar-refractivity contribution in [3.05, 3.63) is 18.7 Å². The van der Waals surface area contributed by atoms with Gasteiger partial charge in [-0.1, -0.05) is 0 Å². The van der Waals surface area contributed by atoms with Gasteiger partial charge < -0.3 is 15.0 Å². The van der Waals surface area contributed by atoms with Crippen LogP contribution in [0.15, 0.2) is 18.7 Å². The van der Waals surface area contributed by atoms with E-state index >= 15 is 0 Å². The van der Waals surface area contributed by atoms with Crippen LogP contribution in [0.5, 0.6) is 0 Å². The van der Waals surface area contributed by atoms with E-state index < -0.39 is 0 Å². The molecule has 0 spiro atoms. The number of piperidine rings is 1. The number of hydrogen-bond acceptors (Lipinski definition) is 3. The molecule has 78 valence electrons. The smallest absolute Gasteiger partial charge is 0.0946 e. The van der Waals surface area contributed by atoms with Crippen LogP contribution in [-0.2, 0) is 6.54 Å². The van der Waals surface area contributed by atoms with Gasteiger partial charge in [0.25, 0.3) is 0 Å². The highest BCUT2D eigenvalue weighted by atomic mass is 16.3. The van der Waals surface area contributed by atoms with Gasteiger partial charge >= 0.3 is 0 Å². The maximum Gasteiger partial charge on any atom is 0.0946 e. The number of aliphatic hydroxyl groups excluding tert-OH is 1. The summed E-state index contributed by atoms with van der Waals surface area (Å²) >= 11 is 0. The Morgan fingerprint density at radius 1 is 1.50 bits per heavy atom. The van der Waals surface area contributed by atoms with Gasteiger partial charge in [0.2, 0.25) is 0 Å². The largest absolute Gasteiger partial charge is 0.391 e. The molecule has 0 aliphatic carbocycles. The van der Waals surface area contributed by atoms with E-state index in [0.29, 0.717) is 12.5 Å². The highest BCUT2D eigenvalue weighted by molar-refractivity contribution is 4.80. The van der Waals surface area contributed by atoms with Gasteiger partial charge in [0.1, 0.15) is 0 Å². The lowest BCUT2D eigenvalue weighted by molar-refractivity contribution is 0.0732. The van der Waals surface area contributed by atoms with Gasteiger partial charge in [0.05, 0.1) is 12.4 Å². The Bertz CT molecular complexity index is 254. The predicted octanol–water partition coefficient (Wildman–Crippen LogP) is 0.244. The first kappa shape index (κ1) is 9.68. The topological polar surface area (TPSA) is 50.1 Å². The summed E-state index contributed by atoms with van der Waals surface area (Å²) in [5.41, 5.74) is 0. The first-order valence-electron chi connectivity index (χ1n) is 5.21. The van der Waals surface area contributed by atoms with Crippen LogP contribution in [0.2, 0.25) is 0 Å². The second-order valence-corrected chi connectivity index (χ2v) is 3.91. The van der Waals surface area contributed by atoms with Crippen molar-refractivity contribution < 1.29 is 5.11 Å². The molecule has 4 nitrogen and oxygen atoms in total. The van der Waals surface area contributed by atoms with E-state index in [1.807, 2.05) is 10.8 Å². The number of nitrogens with zero attached hydrogens (tertiary/aromatic N) is 2. The monoisotopic (exact) mass is 195 g/mol. The summed E-state index contributed by atoms with van der Waals surface area (Å²) in [6.07, 6.45) is 7.32. The molecule has 2 heterocycles. The standard InChI is InChI=1S/C10H17N3O/c14-10(7-13-6-5-12-8-13)9-1-3-11-4-2-9/h5-6,8-11,14H,1-4,7H2. The number of aliphatic hydroxyl groups is 1. The average Bonchev–Trinajstić information content (AvgIpc) is 2.72. The second kappa shape index (κ2) is 4.57. The molecular weight excluding hydrogens is 178 g/mol. The molecule has 1 aromatic rings. The van der Waals surface area contributed by atoms with Gasteiger partial charge in [0.15, 0.2) is 0 Å². The fourth-order valence-electron chi connectivity index (χ4n) is 1.99. The SMILES string of the molecule is OC(Cn1ccnc1)C1CCNCC1. The van der Waals surface area contributed by atoms with Crippen molar-refractivity contribution in [3.63, 3.8) is 0 Å². The number of rotatable bonds is 3. The van der Waals surface area contributed by atoms with Crippen LogP contribution in [0, 0.1) is 5.92 Å². The molecule has 0 bridgehead atoms. The van der Waals surface area contributed by atoms with E-state index in [1.54, 1.807) is 12.5 Å². The molecule has 14 heavy (non-hydrogen) atoms. The second-order valence-electron chi connectivity index (χ2n) is 3.91. The van der Waals surface area contributed by atoms with Crippen molar-refractivity contribution in [1.82, 2.24) is 14.9 Å². The third kappa shape index (κ3) is 2.33. The molecule has 0 aromatic carbocycles. The number of nitrogens with one attached hydrogen (secondary N) is 1. The summed E-state index contributed by atoms with van der Waals surface area (Å²) in [7, 11) is 0. The first-order valence-corrected chi connectivity index (χ1v) is 5.21. The lowest BCUT2D eigenvalue weighted by Crippen LogP contribution is -2.35. The lowest BCUT2D eigenvalue weighted by atomic mass is 9.92. The van der Waals surface area contributed by atoms with E-state index in [0.717, 1.165) is 25.9 Å². The van der Waals surface area contributed by atoms with Gasteiger partial charge in [-0.2, -0.15) is 0 Å². The fraction of sp³-hybridized carbons (Fsp3) is 0.700. The maximum atomic E-state index is 9.97. The van der Waals surface area contributed by atoms with Crippen LogP contribution in [0.1, 0.15) is 12.8 Å². The van der Waals surface area contributed by atoms with E-state index in [9.17, 15) is 5.11 Å².